The summed E-state index contributed by atoms with van der Waals surface area (Å²) in [6.45, 7) is 1.44. The average molecular weight is 401 g/mol. The molecule has 0 aliphatic heterocycles. The zero-order valence-electron chi connectivity index (χ0n) is 16.7. The van der Waals surface area contributed by atoms with Crippen molar-refractivity contribution in [3.63, 3.8) is 0 Å². The van der Waals surface area contributed by atoms with Crippen LogP contribution in [0.2, 0.25) is 0 Å². The molecule has 0 fully saturated rings. The molecule has 150 valence electrons. The monoisotopic (exact) mass is 401 g/mol. The Morgan fingerprint density at radius 3 is 2.00 bits per heavy atom. The number of carbonyl (C=O) groups is 3. The third kappa shape index (κ3) is 2.85. The fourth-order valence-corrected chi connectivity index (χ4v) is 3.95. The van der Waals surface area contributed by atoms with Crippen LogP contribution in [0, 0.1) is 0 Å². The summed E-state index contributed by atoms with van der Waals surface area (Å²) >= 11 is 0. The summed E-state index contributed by atoms with van der Waals surface area (Å²) < 4.78 is 10.1. The molecule has 0 atom stereocenters. The maximum Gasteiger partial charge on any atom is 0.339 e. The Hall–Kier alpha value is -3.93. The number of carbonyl (C=O) groups excluding carboxylic acids is 3. The molecule has 3 aromatic carbocycles. The second kappa shape index (κ2) is 7.48. The molecule has 30 heavy (non-hydrogen) atoms. The SMILES string of the molecule is COC(=O)c1c(-c2ccccc2)c(C(C)=O)c2[nH]c3ccccc3c2c1C(=O)OC. The van der Waals surface area contributed by atoms with Gasteiger partial charge in [-0.2, -0.15) is 0 Å². The van der Waals surface area contributed by atoms with E-state index in [-0.39, 0.29) is 16.9 Å². The summed E-state index contributed by atoms with van der Waals surface area (Å²) in [5.41, 5.74) is 2.58. The van der Waals surface area contributed by atoms with E-state index in [1.807, 2.05) is 30.3 Å². The number of Topliss-reactive ketones (excluding diaryl/α,β-unsaturated/α-hetero) is 1. The third-order valence-corrected chi connectivity index (χ3v) is 5.15. The Kier molecular flexibility index (Phi) is 4.83. The Labute approximate surface area is 172 Å². The highest BCUT2D eigenvalue weighted by molar-refractivity contribution is 6.28. The van der Waals surface area contributed by atoms with Crippen LogP contribution < -0.4 is 0 Å². The topological polar surface area (TPSA) is 85.5 Å². The number of esters is 2. The standard InChI is InChI=1S/C24H19NO5/c1-13(26)17-18(14-9-5-4-6-10-14)20(23(27)29-2)21(24(28)30-3)19-15-11-7-8-12-16(15)25-22(17)19/h4-12,25H,1-3H3. The maximum atomic E-state index is 13.0. The van der Waals surface area contributed by atoms with E-state index in [4.69, 9.17) is 9.47 Å². The van der Waals surface area contributed by atoms with Crippen molar-refractivity contribution in [2.24, 2.45) is 0 Å². The second-order valence-electron chi connectivity index (χ2n) is 6.83. The molecule has 0 spiro atoms. The first-order valence-corrected chi connectivity index (χ1v) is 9.33. The molecule has 1 N–H and O–H groups in total. The quantitative estimate of drug-likeness (QED) is 0.393. The smallest absolute Gasteiger partial charge is 0.339 e. The zero-order valence-corrected chi connectivity index (χ0v) is 16.7. The van der Waals surface area contributed by atoms with Crippen molar-refractivity contribution in [3.05, 3.63) is 71.3 Å². The van der Waals surface area contributed by atoms with E-state index in [2.05, 4.69) is 4.98 Å². The Morgan fingerprint density at radius 2 is 1.37 bits per heavy atom. The molecule has 0 amide bonds. The van der Waals surface area contributed by atoms with E-state index in [1.165, 1.54) is 21.1 Å². The lowest BCUT2D eigenvalue weighted by atomic mass is 9.86. The summed E-state index contributed by atoms with van der Waals surface area (Å²) in [6, 6.07) is 16.3. The van der Waals surface area contributed by atoms with Crippen LogP contribution in [0.4, 0.5) is 0 Å². The molecule has 0 saturated heterocycles. The van der Waals surface area contributed by atoms with E-state index in [9.17, 15) is 14.4 Å². The van der Waals surface area contributed by atoms with Crippen molar-refractivity contribution in [2.75, 3.05) is 14.2 Å². The molecule has 1 heterocycles. The molecule has 4 rings (SSSR count). The highest BCUT2D eigenvalue weighted by Crippen LogP contribution is 2.41. The molecule has 0 radical (unpaired) electrons. The first-order chi connectivity index (χ1) is 14.5. The van der Waals surface area contributed by atoms with Gasteiger partial charge in [-0.15, -0.1) is 0 Å². The third-order valence-electron chi connectivity index (χ3n) is 5.15. The minimum atomic E-state index is -0.719. The Balaban J connectivity index is 2.36. The fourth-order valence-electron chi connectivity index (χ4n) is 3.95. The summed E-state index contributed by atoms with van der Waals surface area (Å²) in [4.78, 5) is 42.0. The van der Waals surface area contributed by atoms with Crippen LogP contribution in [-0.2, 0) is 9.47 Å². The number of rotatable bonds is 4. The van der Waals surface area contributed by atoms with Crippen molar-refractivity contribution >= 4 is 39.5 Å². The lowest BCUT2D eigenvalue weighted by Crippen LogP contribution is -2.17. The number of hydrogen-bond donors (Lipinski definition) is 1. The molecule has 4 aromatic rings. The molecule has 0 aliphatic rings. The molecule has 0 unspecified atom stereocenters. The average Bonchev–Trinajstić information content (AvgIpc) is 3.15. The van der Waals surface area contributed by atoms with Crippen molar-refractivity contribution in [2.45, 2.75) is 6.92 Å². The number of aromatic amines is 1. The molecule has 0 bridgehead atoms. The summed E-state index contributed by atoms with van der Waals surface area (Å²) in [7, 11) is 2.50. The number of ether oxygens (including phenoxy) is 2. The Morgan fingerprint density at radius 1 is 0.767 bits per heavy atom. The normalized spacial score (nSPS) is 10.9. The highest BCUT2D eigenvalue weighted by atomic mass is 16.5. The van der Waals surface area contributed by atoms with Gasteiger partial charge in [-0.1, -0.05) is 48.5 Å². The molecule has 0 aliphatic carbocycles. The molecular weight excluding hydrogens is 382 g/mol. The van der Waals surface area contributed by atoms with E-state index in [0.717, 1.165) is 5.52 Å². The number of aromatic nitrogens is 1. The number of H-pyrrole nitrogens is 1. The Bertz CT molecular complexity index is 1320. The number of methoxy groups -OCH3 is 2. The number of fused-ring (bicyclic) bond motifs is 3. The van der Waals surface area contributed by atoms with Gasteiger partial charge in [0.05, 0.1) is 36.4 Å². The lowest BCUT2D eigenvalue weighted by molar-refractivity contribution is 0.0557. The molecule has 6 heteroatoms. The van der Waals surface area contributed by atoms with Crippen LogP contribution in [0.1, 0.15) is 38.0 Å². The van der Waals surface area contributed by atoms with Crippen LogP contribution in [0.3, 0.4) is 0 Å². The van der Waals surface area contributed by atoms with Crippen molar-refractivity contribution in [1.82, 2.24) is 4.98 Å². The number of hydrogen-bond acceptors (Lipinski definition) is 5. The van der Waals surface area contributed by atoms with E-state index >= 15 is 0 Å². The summed E-state index contributed by atoms with van der Waals surface area (Å²) in [6.07, 6.45) is 0. The van der Waals surface area contributed by atoms with Gasteiger partial charge in [0.15, 0.2) is 5.78 Å². The predicted molar refractivity (Wildman–Crippen MR) is 114 cm³/mol. The van der Waals surface area contributed by atoms with Gasteiger partial charge in [-0.3, -0.25) is 4.79 Å². The number of nitrogens with one attached hydrogen (secondary N) is 1. The van der Waals surface area contributed by atoms with Crippen LogP contribution in [0.5, 0.6) is 0 Å². The van der Waals surface area contributed by atoms with E-state index < -0.39 is 11.9 Å². The molecule has 1 aromatic heterocycles. The molecule has 6 nitrogen and oxygen atoms in total. The van der Waals surface area contributed by atoms with Crippen molar-refractivity contribution in [3.8, 4) is 11.1 Å². The van der Waals surface area contributed by atoms with Crippen LogP contribution in [-0.4, -0.2) is 36.9 Å². The van der Waals surface area contributed by atoms with Gasteiger partial charge in [-0.25, -0.2) is 9.59 Å². The fraction of sp³-hybridized carbons (Fsp3) is 0.125. The van der Waals surface area contributed by atoms with Gasteiger partial charge in [0.1, 0.15) is 0 Å². The second-order valence-corrected chi connectivity index (χ2v) is 6.83. The molecular formula is C24H19NO5. The summed E-state index contributed by atoms with van der Waals surface area (Å²) in [5.74, 6) is -1.65. The van der Waals surface area contributed by atoms with Crippen LogP contribution in [0.25, 0.3) is 32.9 Å². The zero-order chi connectivity index (χ0) is 21.4. The van der Waals surface area contributed by atoms with Crippen molar-refractivity contribution < 1.29 is 23.9 Å². The van der Waals surface area contributed by atoms with Gasteiger partial charge in [-0.05, 0) is 18.6 Å². The van der Waals surface area contributed by atoms with Gasteiger partial charge in [0.25, 0.3) is 0 Å². The molecule has 0 saturated carbocycles. The number of para-hydroxylation sites is 1. The number of benzene rings is 3. The summed E-state index contributed by atoms with van der Waals surface area (Å²) in [5, 5.41) is 1.17. The first-order valence-electron chi connectivity index (χ1n) is 9.33. The van der Waals surface area contributed by atoms with Gasteiger partial charge < -0.3 is 14.5 Å². The van der Waals surface area contributed by atoms with Gasteiger partial charge in [0, 0.05) is 21.9 Å². The minimum absolute atomic E-state index is 0.0120. The lowest BCUT2D eigenvalue weighted by Gasteiger charge is -2.18. The van der Waals surface area contributed by atoms with Gasteiger partial charge >= 0.3 is 11.9 Å². The van der Waals surface area contributed by atoms with Crippen LogP contribution >= 0.6 is 0 Å². The minimum Gasteiger partial charge on any atom is -0.465 e. The maximum absolute atomic E-state index is 13.0. The van der Waals surface area contributed by atoms with E-state index in [1.54, 1.807) is 24.3 Å². The van der Waals surface area contributed by atoms with E-state index in [0.29, 0.717) is 33.0 Å². The largest absolute Gasteiger partial charge is 0.465 e. The first kappa shape index (κ1) is 19.4. The van der Waals surface area contributed by atoms with Gasteiger partial charge in [0.2, 0.25) is 0 Å². The van der Waals surface area contributed by atoms with Crippen molar-refractivity contribution in [1.29, 1.82) is 0 Å². The van der Waals surface area contributed by atoms with Crippen LogP contribution in [0.15, 0.2) is 54.6 Å². The highest BCUT2D eigenvalue weighted by Gasteiger charge is 2.32. The number of ketones is 1. The predicted octanol–water partition coefficient (Wildman–Crippen LogP) is 4.76.